The van der Waals surface area contributed by atoms with Crippen LogP contribution < -0.4 is 0 Å². The molecule has 0 spiro atoms. The second kappa shape index (κ2) is 5.21. The molecule has 3 nitrogen and oxygen atoms in total. The molecule has 1 N–H and O–H groups in total. The normalized spacial score (nSPS) is 15.4. The molecule has 0 atom stereocenters. The number of carbonyl (C=O) groups excluding carboxylic acids is 1. The summed E-state index contributed by atoms with van der Waals surface area (Å²) in [7, 11) is 1.84. The molecule has 1 fully saturated rings. The molecule has 0 saturated heterocycles. The molecule has 1 aliphatic rings. The van der Waals surface area contributed by atoms with E-state index in [2.05, 4.69) is 0 Å². The van der Waals surface area contributed by atoms with E-state index in [1.54, 1.807) is 17.0 Å². The van der Waals surface area contributed by atoms with Crippen LogP contribution in [0.1, 0.15) is 31.2 Å². The molecule has 92 valence electrons. The molecule has 3 heteroatoms. The van der Waals surface area contributed by atoms with Gasteiger partial charge in [0.25, 0.3) is 0 Å². The van der Waals surface area contributed by atoms with Gasteiger partial charge in [0.05, 0.1) is 0 Å². The molecule has 0 aliphatic heterocycles. The highest BCUT2D eigenvalue weighted by molar-refractivity contribution is 5.76. The number of hydrogen-bond acceptors (Lipinski definition) is 2. The summed E-state index contributed by atoms with van der Waals surface area (Å²) >= 11 is 0. The van der Waals surface area contributed by atoms with Crippen LogP contribution >= 0.6 is 0 Å². The lowest BCUT2D eigenvalue weighted by atomic mass is 9.83. The second-order valence-corrected chi connectivity index (χ2v) is 4.92. The quantitative estimate of drug-likeness (QED) is 0.868. The lowest BCUT2D eigenvalue weighted by Gasteiger charge is -2.27. The van der Waals surface area contributed by atoms with Gasteiger partial charge in [0.2, 0.25) is 5.91 Å². The van der Waals surface area contributed by atoms with Crippen molar-refractivity contribution in [3.63, 3.8) is 0 Å². The predicted octanol–water partition coefficient (Wildman–Crippen LogP) is 2.54. The van der Waals surface area contributed by atoms with Gasteiger partial charge in [-0.1, -0.05) is 18.6 Å². The molecule has 17 heavy (non-hydrogen) atoms. The molecule has 1 saturated carbocycles. The van der Waals surface area contributed by atoms with Gasteiger partial charge in [-0.05, 0) is 36.5 Å². The highest BCUT2D eigenvalue weighted by Gasteiger charge is 2.22. The van der Waals surface area contributed by atoms with Gasteiger partial charge in [-0.2, -0.15) is 0 Å². The molecule has 0 heterocycles. The van der Waals surface area contributed by atoms with Gasteiger partial charge in [0, 0.05) is 20.0 Å². The van der Waals surface area contributed by atoms with Gasteiger partial charge in [-0.3, -0.25) is 4.79 Å². The fraction of sp³-hybridized carbons (Fsp3) is 0.500. The van der Waals surface area contributed by atoms with Crippen LogP contribution in [0, 0.1) is 5.92 Å². The number of benzene rings is 1. The Morgan fingerprint density at radius 3 is 2.53 bits per heavy atom. The van der Waals surface area contributed by atoms with E-state index in [4.69, 9.17) is 0 Å². The van der Waals surface area contributed by atoms with Gasteiger partial charge < -0.3 is 10.0 Å². The van der Waals surface area contributed by atoms with E-state index in [0.717, 1.165) is 5.56 Å². The van der Waals surface area contributed by atoms with Crippen LogP contribution in [-0.2, 0) is 11.3 Å². The van der Waals surface area contributed by atoms with Crippen LogP contribution in [0.25, 0.3) is 0 Å². The van der Waals surface area contributed by atoms with Gasteiger partial charge in [0.15, 0.2) is 0 Å². The number of hydrogen-bond donors (Lipinski definition) is 1. The largest absolute Gasteiger partial charge is 0.508 e. The zero-order chi connectivity index (χ0) is 12.3. The summed E-state index contributed by atoms with van der Waals surface area (Å²) in [6.07, 6.45) is 4.38. The van der Waals surface area contributed by atoms with Gasteiger partial charge in [0.1, 0.15) is 5.75 Å². The van der Waals surface area contributed by atoms with Gasteiger partial charge in [-0.25, -0.2) is 0 Å². The molecule has 1 amide bonds. The smallest absolute Gasteiger partial charge is 0.222 e. The van der Waals surface area contributed by atoms with Crippen LogP contribution in [0.15, 0.2) is 24.3 Å². The Balaban J connectivity index is 1.84. The lowest BCUT2D eigenvalue weighted by molar-refractivity contribution is -0.132. The SMILES string of the molecule is CN(Cc1ccc(O)cc1)C(=O)CC1CCC1. The van der Waals surface area contributed by atoms with Crippen molar-refractivity contribution in [2.75, 3.05) is 7.05 Å². The summed E-state index contributed by atoms with van der Waals surface area (Å²) < 4.78 is 0. The summed E-state index contributed by atoms with van der Waals surface area (Å²) in [5.74, 6) is 1.10. The molecular formula is C14H19NO2. The first-order valence-corrected chi connectivity index (χ1v) is 6.17. The Labute approximate surface area is 102 Å². The maximum atomic E-state index is 11.9. The van der Waals surface area contributed by atoms with Crippen molar-refractivity contribution >= 4 is 5.91 Å². The standard InChI is InChI=1S/C14H19NO2/c1-15(14(17)9-11-3-2-4-11)10-12-5-7-13(16)8-6-12/h5-8,11,16H,2-4,9-10H2,1H3. The lowest BCUT2D eigenvalue weighted by Crippen LogP contribution is -2.29. The Bertz CT molecular complexity index is 382. The first-order chi connectivity index (χ1) is 8.15. The topological polar surface area (TPSA) is 40.5 Å². The minimum Gasteiger partial charge on any atom is -0.508 e. The highest BCUT2D eigenvalue weighted by atomic mass is 16.3. The number of phenolic OH excluding ortho intramolecular Hbond substituents is 1. The molecule has 1 aromatic carbocycles. The van der Waals surface area contributed by atoms with Crippen LogP contribution in [0.3, 0.4) is 0 Å². The van der Waals surface area contributed by atoms with Crippen molar-refractivity contribution in [2.45, 2.75) is 32.2 Å². The first kappa shape index (κ1) is 12.0. The average molecular weight is 233 g/mol. The zero-order valence-electron chi connectivity index (χ0n) is 10.2. The van der Waals surface area contributed by atoms with Crippen LogP contribution in [-0.4, -0.2) is 23.0 Å². The number of phenols is 1. The fourth-order valence-corrected chi connectivity index (χ4v) is 2.06. The average Bonchev–Trinajstić information content (AvgIpc) is 2.26. The minimum absolute atomic E-state index is 0.225. The van der Waals surface area contributed by atoms with Crippen molar-refractivity contribution < 1.29 is 9.90 Å². The van der Waals surface area contributed by atoms with Crippen molar-refractivity contribution in [3.05, 3.63) is 29.8 Å². The van der Waals surface area contributed by atoms with Gasteiger partial charge >= 0.3 is 0 Å². The molecular weight excluding hydrogens is 214 g/mol. The van der Waals surface area contributed by atoms with E-state index in [1.165, 1.54) is 19.3 Å². The van der Waals surface area contributed by atoms with E-state index in [1.807, 2.05) is 19.2 Å². The number of carbonyl (C=O) groups is 1. The second-order valence-electron chi connectivity index (χ2n) is 4.92. The summed E-state index contributed by atoms with van der Waals surface area (Å²) in [5, 5.41) is 9.18. The summed E-state index contributed by atoms with van der Waals surface area (Å²) in [4.78, 5) is 13.7. The van der Waals surface area contributed by atoms with E-state index in [0.29, 0.717) is 18.9 Å². The summed E-state index contributed by atoms with van der Waals surface area (Å²) in [6.45, 7) is 0.617. The summed E-state index contributed by atoms with van der Waals surface area (Å²) in [6, 6.07) is 7.00. The van der Waals surface area contributed by atoms with E-state index in [-0.39, 0.29) is 11.7 Å². The molecule has 1 aromatic rings. The molecule has 0 aromatic heterocycles. The van der Waals surface area contributed by atoms with Crippen molar-refractivity contribution in [3.8, 4) is 5.75 Å². The van der Waals surface area contributed by atoms with Crippen LogP contribution in [0.4, 0.5) is 0 Å². The third-order valence-corrected chi connectivity index (χ3v) is 3.47. The molecule has 0 unspecified atom stereocenters. The van der Waals surface area contributed by atoms with Gasteiger partial charge in [-0.15, -0.1) is 0 Å². The van der Waals surface area contributed by atoms with Crippen LogP contribution in [0.5, 0.6) is 5.75 Å². The maximum Gasteiger partial charge on any atom is 0.222 e. The van der Waals surface area contributed by atoms with Crippen molar-refractivity contribution in [1.29, 1.82) is 0 Å². The monoisotopic (exact) mass is 233 g/mol. The number of aromatic hydroxyl groups is 1. The molecule has 2 rings (SSSR count). The van der Waals surface area contributed by atoms with E-state index >= 15 is 0 Å². The van der Waals surface area contributed by atoms with Crippen molar-refractivity contribution in [1.82, 2.24) is 4.90 Å². The molecule has 0 radical (unpaired) electrons. The van der Waals surface area contributed by atoms with Crippen LogP contribution in [0.2, 0.25) is 0 Å². The Kier molecular flexibility index (Phi) is 3.67. The molecule has 0 bridgehead atoms. The summed E-state index contributed by atoms with van der Waals surface area (Å²) in [5.41, 5.74) is 1.05. The minimum atomic E-state index is 0.225. The van der Waals surface area contributed by atoms with Crippen molar-refractivity contribution in [2.24, 2.45) is 5.92 Å². The van der Waals surface area contributed by atoms with E-state index in [9.17, 15) is 9.90 Å². The third kappa shape index (κ3) is 3.22. The van der Waals surface area contributed by atoms with E-state index < -0.39 is 0 Å². The fourth-order valence-electron chi connectivity index (χ4n) is 2.06. The number of nitrogens with zero attached hydrogens (tertiary/aromatic N) is 1. The Hall–Kier alpha value is -1.51. The third-order valence-electron chi connectivity index (χ3n) is 3.47. The number of rotatable bonds is 4. The zero-order valence-corrected chi connectivity index (χ0v) is 10.2. The number of amides is 1. The maximum absolute atomic E-state index is 11.9. The highest BCUT2D eigenvalue weighted by Crippen LogP contribution is 2.29. The molecule has 1 aliphatic carbocycles. The Morgan fingerprint density at radius 2 is 2.00 bits per heavy atom. The predicted molar refractivity (Wildman–Crippen MR) is 66.5 cm³/mol. The Morgan fingerprint density at radius 1 is 1.35 bits per heavy atom. The first-order valence-electron chi connectivity index (χ1n) is 6.17.